The fourth-order valence-corrected chi connectivity index (χ4v) is 3.87. The van der Waals surface area contributed by atoms with Crippen molar-refractivity contribution < 1.29 is 24.0 Å². The molecular formula is C22H19N5O6. The van der Waals surface area contributed by atoms with Crippen molar-refractivity contribution in [2.24, 2.45) is 0 Å². The molecule has 0 spiro atoms. The fourth-order valence-electron chi connectivity index (χ4n) is 3.87. The average molecular weight is 449 g/mol. The Morgan fingerprint density at radius 1 is 1.21 bits per heavy atom. The molecule has 0 radical (unpaired) electrons. The van der Waals surface area contributed by atoms with E-state index in [1.54, 1.807) is 36.4 Å². The molecule has 2 amide bonds. The highest BCUT2D eigenvalue weighted by Gasteiger charge is 2.39. The number of aliphatic hydroxyl groups is 1. The van der Waals surface area contributed by atoms with Gasteiger partial charge in [0.15, 0.2) is 23.6 Å². The molecule has 0 unspecified atom stereocenters. The summed E-state index contributed by atoms with van der Waals surface area (Å²) in [5.41, 5.74) is 7.23. The number of nitrogen functional groups attached to an aromatic ring is 1. The Labute approximate surface area is 185 Å². The lowest BCUT2D eigenvalue weighted by Crippen LogP contribution is -2.55. The van der Waals surface area contributed by atoms with E-state index in [0.717, 1.165) is 0 Å². The number of anilines is 3. The lowest BCUT2D eigenvalue weighted by atomic mass is 10.1. The second-order valence-corrected chi connectivity index (χ2v) is 7.56. The van der Waals surface area contributed by atoms with E-state index in [1.165, 1.54) is 17.0 Å². The van der Waals surface area contributed by atoms with Gasteiger partial charge in [-0.15, -0.1) is 0 Å². The number of aromatic amines is 1. The Bertz CT molecular complexity index is 1440. The zero-order valence-corrected chi connectivity index (χ0v) is 17.1. The van der Waals surface area contributed by atoms with Gasteiger partial charge < -0.3 is 35.3 Å². The Balaban J connectivity index is 1.37. The number of nitrogens with two attached hydrogens (primary N) is 1. The second kappa shape index (κ2) is 8.04. The number of amides is 2. The highest BCUT2D eigenvalue weighted by molar-refractivity contribution is 6.08. The molecule has 4 aromatic rings. The number of aromatic nitrogens is 2. The highest BCUT2D eigenvalue weighted by atomic mass is 16.5. The maximum Gasteiger partial charge on any atom is 0.259 e. The number of nitrogens with one attached hydrogen (secondary N) is 2. The van der Waals surface area contributed by atoms with Crippen molar-refractivity contribution in [2.45, 2.75) is 12.2 Å². The van der Waals surface area contributed by atoms with Gasteiger partial charge in [-0.2, -0.15) is 0 Å². The van der Waals surface area contributed by atoms with Crippen molar-refractivity contribution in [3.63, 3.8) is 0 Å². The maximum absolute atomic E-state index is 13.2. The van der Waals surface area contributed by atoms with Gasteiger partial charge in [0.25, 0.3) is 11.8 Å². The van der Waals surface area contributed by atoms with Gasteiger partial charge in [0.2, 0.25) is 5.56 Å². The fraction of sp³-hybridized carbons (Fsp3) is 0.182. The standard InChI is InChI=1S/C22H19N5O6/c23-20-13-5-4-11(10-16(13)33-26-20)24-21(30)18(29)19-22(31)27(8-9-32-19)15-3-1-2-14-12(15)6-7-17(28)25-14/h1-7,10,18-19,29H,8-9H2,(H2,23,26)(H,24,30)(H,25,28)/t18-,19-/m1/s1. The van der Waals surface area contributed by atoms with E-state index in [1.807, 2.05) is 0 Å². The third-order valence-corrected chi connectivity index (χ3v) is 5.48. The predicted molar refractivity (Wildman–Crippen MR) is 120 cm³/mol. The first-order valence-corrected chi connectivity index (χ1v) is 10.1. The van der Waals surface area contributed by atoms with Gasteiger partial charge in [0, 0.05) is 29.8 Å². The van der Waals surface area contributed by atoms with E-state index in [-0.39, 0.29) is 24.5 Å². The van der Waals surface area contributed by atoms with Gasteiger partial charge in [-0.25, -0.2) is 0 Å². The summed E-state index contributed by atoms with van der Waals surface area (Å²) >= 11 is 0. The van der Waals surface area contributed by atoms with Crippen LogP contribution < -0.4 is 21.5 Å². The van der Waals surface area contributed by atoms with Gasteiger partial charge >= 0.3 is 0 Å². The molecule has 1 aliphatic heterocycles. The number of hydrogen-bond donors (Lipinski definition) is 4. The number of aliphatic hydroxyl groups excluding tert-OH is 1. The van der Waals surface area contributed by atoms with Crippen molar-refractivity contribution in [2.75, 3.05) is 29.1 Å². The van der Waals surface area contributed by atoms with Crippen molar-refractivity contribution >= 4 is 50.9 Å². The molecule has 1 aliphatic rings. The summed E-state index contributed by atoms with van der Waals surface area (Å²) in [4.78, 5) is 41.6. The van der Waals surface area contributed by atoms with Gasteiger partial charge in [-0.3, -0.25) is 14.4 Å². The Morgan fingerprint density at radius 2 is 2.03 bits per heavy atom. The molecule has 3 heterocycles. The Hall–Kier alpha value is -4.22. The van der Waals surface area contributed by atoms with Crippen molar-refractivity contribution in [3.05, 3.63) is 58.9 Å². The number of rotatable bonds is 4. The van der Waals surface area contributed by atoms with Gasteiger partial charge in [-0.1, -0.05) is 11.2 Å². The topological polar surface area (TPSA) is 164 Å². The summed E-state index contributed by atoms with van der Waals surface area (Å²) in [6.07, 6.45) is -3.16. The number of ether oxygens (including phenoxy) is 1. The third-order valence-electron chi connectivity index (χ3n) is 5.48. The van der Waals surface area contributed by atoms with Crippen LogP contribution in [0, 0.1) is 0 Å². The molecule has 0 aliphatic carbocycles. The summed E-state index contributed by atoms with van der Waals surface area (Å²) in [5.74, 6) is -1.16. The molecule has 0 saturated carbocycles. The van der Waals surface area contributed by atoms with Crippen LogP contribution in [-0.2, 0) is 14.3 Å². The summed E-state index contributed by atoms with van der Waals surface area (Å²) < 4.78 is 10.5. The largest absolute Gasteiger partial charge is 0.380 e. The monoisotopic (exact) mass is 449 g/mol. The highest BCUT2D eigenvalue weighted by Crippen LogP contribution is 2.28. The van der Waals surface area contributed by atoms with Crippen LogP contribution in [0.1, 0.15) is 0 Å². The number of hydrogen-bond acceptors (Lipinski definition) is 8. The first-order chi connectivity index (χ1) is 15.9. The molecule has 5 rings (SSSR count). The molecule has 11 heteroatoms. The number of nitrogens with zero attached hydrogens (tertiary/aromatic N) is 2. The molecule has 0 bridgehead atoms. The molecule has 2 atom stereocenters. The number of morpholine rings is 1. The summed E-state index contributed by atoms with van der Waals surface area (Å²) in [6.45, 7) is 0.343. The molecular weight excluding hydrogens is 430 g/mol. The minimum absolute atomic E-state index is 0.115. The molecule has 1 saturated heterocycles. The molecule has 33 heavy (non-hydrogen) atoms. The molecule has 1 fully saturated rings. The number of fused-ring (bicyclic) bond motifs is 2. The van der Waals surface area contributed by atoms with Crippen LogP contribution in [0.2, 0.25) is 0 Å². The van der Waals surface area contributed by atoms with Crippen molar-refractivity contribution in [3.8, 4) is 0 Å². The smallest absolute Gasteiger partial charge is 0.259 e. The number of carbonyl (C=O) groups excluding carboxylic acids is 2. The quantitative estimate of drug-likeness (QED) is 0.358. The summed E-state index contributed by atoms with van der Waals surface area (Å²) in [5, 5.41) is 18.1. The molecule has 2 aromatic heterocycles. The van der Waals surface area contributed by atoms with E-state index in [0.29, 0.717) is 33.2 Å². The van der Waals surface area contributed by atoms with Crippen LogP contribution in [-0.4, -0.2) is 52.4 Å². The van der Waals surface area contributed by atoms with Crippen LogP contribution in [0.25, 0.3) is 21.9 Å². The minimum Gasteiger partial charge on any atom is -0.380 e. The first-order valence-electron chi connectivity index (χ1n) is 10.1. The zero-order valence-electron chi connectivity index (χ0n) is 17.1. The van der Waals surface area contributed by atoms with Gasteiger partial charge in [0.05, 0.1) is 23.2 Å². The predicted octanol–water partition coefficient (Wildman–Crippen LogP) is 0.983. The van der Waals surface area contributed by atoms with E-state index in [4.69, 9.17) is 15.0 Å². The third kappa shape index (κ3) is 3.69. The Morgan fingerprint density at radius 3 is 2.88 bits per heavy atom. The summed E-state index contributed by atoms with van der Waals surface area (Å²) in [7, 11) is 0. The molecule has 5 N–H and O–H groups in total. The van der Waals surface area contributed by atoms with Gasteiger partial charge in [-0.05, 0) is 30.3 Å². The normalized spacial score (nSPS) is 17.4. The lowest BCUT2D eigenvalue weighted by Gasteiger charge is -2.34. The molecule has 2 aromatic carbocycles. The van der Waals surface area contributed by atoms with Crippen LogP contribution in [0.4, 0.5) is 17.2 Å². The maximum atomic E-state index is 13.2. The van der Waals surface area contributed by atoms with Crippen molar-refractivity contribution in [1.29, 1.82) is 0 Å². The number of benzene rings is 2. The van der Waals surface area contributed by atoms with Crippen LogP contribution >= 0.6 is 0 Å². The van der Waals surface area contributed by atoms with Crippen molar-refractivity contribution in [1.82, 2.24) is 10.1 Å². The summed E-state index contributed by atoms with van der Waals surface area (Å²) in [6, 6.07) is 12.9. The van der Waals surface area contributed by atoms with E-state index < -0.39 is 24.0 Å². The van der Waals surface area contributed by atoms with Crippen LogP contribution in [0.3, 0.4) is 0 Å². The van der Waals surface area contributed by atoms with E-state index in [2.05, 4.69) is 15.5 Å². The lowest BCUT2D eigenvalue weighted by molar-refractivity contribution is -0.150. The first kappa shape index (κ1) is 20.7. The molecule has 168 valence electrons. The zero-order chi connectivity index (χ0) is 23.1. The average Bonchev–Trinajstić information content (AvgIpc) is 3.18. The van der Waals surface area contributed by atoms with E-state index >= 15 is 0 Å². The SMILES string of the molecule is Nc1noc2cc(NC(=O)[C@H](O)[C@H]3OCCN(c4cccc5[nH]c(=O)ccc45)C3=O)ccc12. The number of pyridine rings is 1. The van der Waals surface area contributed by atoms with Gasteiger partial charge in [0.1, 0.15) is 0 Å². The van der Waals surface area contributed by atoms with E-state index in [9.17, 15) is 19.5 Å². The van der Waals surface area contributed by atoms with Crippen LogP contribution in [0.5, 0.6) is 0 Å². The number of carbonyl (C=O) groups is 2. The van der Waals surface area contributed by atoms with Crippen LogP contribution in [0.15, 0.2) is 57.8 Å². The number of H-pyrrole nitrogens is 1. The Kier molecular flexibility index (Phi) is 5.04. The second-order valence-electron chi connectivity index (χ2n) is 7.56. The minimum atomic E-state index is -1.76. The molecule has 11 nitrogen and oxygen atoms in total.